The van der Waals surface area contributed by atoms with E-state index in [0.717, 1.165) is 5.56 Å². The van der Waals surface area contributed by atoms with Crippen LogP contribution < -0.4 is 5.56 Å². The Morgan fingerprint density at radius 3 is 2.49 bits per heavy atom. The topological polar surface area (TPSA) is 137 Å². The number of rotatable bonds is 6. The van der Waals surface area contributed by atoms with Crippen LogP contribution in [0, 0.1) is 13.8 Å². The largest absolute Gasteiger partial charge is 0.593 e. The fourth-order valence-electron chi connectivity index (χ4n) is 4.56. The highest BCUT2D eigenvalue weighted by Crippen LogP contribution is 2.28. The highest BCUT2D eigenvalue weighted by Gasteiger charge is 2.39. The van der Waals surface area contributed by atoms with Gasteiger partial charge in [0, 0.05) is 32.8 Å². The van der Waals surface area contributed by atoms with E-state index in [1.54, 1.807) is 32.2 Å². The maximum Gasteiger partial charge on any atom is 0.283 e. The minimum absolute atomic E-state index is 0.0530. The van der Waals surface area contributed by atoms with Crippen molar-refractivity contribution in [2.75, 3.05) is 26.2 Å². The van der Waals surface area contributed by atoms with E-state index in [1.807, 2.05) is 30.3 Å². The van der Waals surface area contributed by atoms with Crippen LogP contribution in [0.25, 0.3) is 11.2 Å². The molecule has 0 radical (unpaired) electrons. The first kappa shape index (κ1) is 24.9. The second-order valence-corrected chi connectivity index (χ2v) is 10.7. The molecule has 1 amide bonds. The van der Waals surface area contributed by atoms with Crippen molar-refractivity contribution in [1.82, 2.24) is 28.9 Å². The molecule has 1 atom stereocenters. The summed E-state index contributed by atoms with van der Waals surface area (Å²) in [6.45, 7) is 3.87. The van der Waals surface area contributed by atoms with Crippen LogP contribution in [-0.2, 0) is 27.6 Å². The molecule has 3 aromatic heterocycles. The molecule has 0 bridgehead atoms. The molecule has 37 heavy (non-hydrogen) atoms. The van der Waals surface area contributed by atoms with E-state index in [1.165, 1.54) is 13.8 Å². The van der Waals surface area contributed by atoms with Crippen LogP contribution in [0.2, 0.25) is 0 Å². The van der Waals surface area contributed by atoms with Gasteiger partial charge in [0.15, 0.2) is 27.5 Å². The van der Waals surface area contributed by atoms with Gasteiger partial charge in [0.2, 0.25) is 4.90 Å². The SMILES string of the molecule is Cc1noc(C)c1[S+](=O)([O-])N1CCN(C(=O)c2nc3cccnc3n(CCc3ccccc3)c2=O)CC1. The summed E-state index contributed by atoms with van der Waals surface area (Å²) < 4.78 is 34.1. The predicted molar refractivity (Wildman–Crippen MR) is 134 cm³/mol. The Balaban J connectivity index is 1.38. The number of nitrogens with zero attached hydrogens (tertiary/aromatic N) is 6. The molecule has 1 aromatic carbocycles. The maximum atomic E-state index is 13.4. The molecular formula is C25H26N6O5S. The van der Waals surface area contributed by atoms with Gasteiger partial charge in [-0.15, -0.1) is 4.31 Å². The van der Waals surface area contributed by atoms with E-state index < -0.39 is 21.9 Å². The van der Waals surface area contributed by atoms with Crippen molar-refractivity contribution in [3.8, 4) is 0 Å². The monoisotopic (exact) mass is 522 g/mol. The molecule has 1 unspecified atom stereocenters. The Kier molecular flexibility index (Phi) is 6.71. The molecule has 1 aliphatic rings. The summed E-state index contributed by atoms with van der Waals surface area (Å²) in [6.07, 6.45) is 2.17. The average Bonchev–Trinajstić information content (AvgIpc) is 3.26. The van der Waals surface area contributed by atoms with E-state index >= 15 is 0 Å². The smallest absolute Gasteiger partial charge is 0.283 e. The van der Waals surface area contributed by atoms with Gasteiger partial charge in [0.1, 0.15) is 11.2 Å². The van der Waals surface area contributed by atoms with Gasteiger partial charge in [-0.05, 0) is 31.0 Å². The molecule has 11 nitrogen and oxygen atoms in total. The average molecular weight is 523 g/mol. The Hall–Kier alpha value is -3.74. The molecule has 12 heteroatoms. The number of piperazine rings is 1. The number of benzene rings is 1. The maximum absolute atomic E-state index is 13.4. The number of carbonyl (C=O) groups excluding carboxylic acids is 1. The van der Waals surface area contributed by atoms with E-state index in [-0.39, 0.29) is 42.5 Å². The van der Waals surface area contributed by atoms with E-state index in [9.17, 15) is 18.4 Å². The van der Waals surface area contributed by atoms with Crippen molar-refractivity contribution in [2.24, 2.45) is 0 Å². The van der Waals surface area contributed by atoms with Crippen LogP contribution in [0.1, 0.15) is 27.5 Å². The van der Waals surface area contributed by atoms with Gasteiger partial charge in [0.05, 0.1) is 13.1 Å². The fraction of sp³-hybridized carbons (Fsp3) is 0.320. The van der Waals surface area contributed by atoms with E-state index in [0.29, 0.717) is 29.8 Å². The first-order valence-electron chi connectivity index (χ1n) is 11.9. The second kappa shape index (κ2) is 9.96. The zero-order valence-corrected chi connectivity index (χ0v) is 21.3. The second-order valence-electron chi connectivity index (χ2n) is 8.85. The summed E-state index contributed by atoms with van der Waals surface area (Å²) in [5.41, 5.74) is 1.49. The number of sulfonamides is 1. The van der Waals surface area contributed by atoms with Crippen molar-refractivity contribution in [1.29, 1.82) is 0 Å². The van der Waals surface area contributed by atoms with Gasteiger partial charge < -0.3 is 14.0 Å². The Bertz CT molecular complexity index is 1540. The first-order chi connectivity index (χ1) is 17.8. The molecule has 1 aliphatic heterocycles. The number of carbonyl (C=O) groups is 1. The van der Waals surface area contributed by atoms with Crippen molar-refractivity contribution < 1.29 is 18.1 Å². The van der Waals surface area contributed by atoms with Crippen molar-refractivity contribution >= 4 is 27.5 Å². The van der Waals surface area contributed by atoms with Gasteiger partial charge in [-0.2, -0.15) is 0 Å². The highest BCUT2D eigenvalue weighted by molar-refractivity contribution is 7.95. The molecule has 5 rings (SSSR count). The molecule has 4 heterocycles. The molecular weight excluding hydrogens is 496 g/mol. The number of hydrogen-bond donors (Lipinski definition) is 0. The molecule has 192 valence electrons. The summed E-state index contributed by atoms with van der Waals surface area (Å²) in [5, 5.41) is 3.74. The van der Waals surface area contributed by atoms with Crippen LogP contribution in [0.5, 0.6) is 0 Å². The van der Waals surface area contributed by atoms with Crippen molar-refractivity contribution in [2.45, 2.75) is 31.7 Å². The number of hydrogen-bond acceptors (Lipinski definition) is 8. The summed E-state index contributed by atoms with van der Waals surface area (Å²) in [6, 6.07) is 13.2. The quantitative estimate of drug-likeness (QED) is 0.351. The third-order valence-corrected chi connectivity index (χ3v) is 8.61. The predicted octanol–water partition coefficient (Wildman–Crippen LogP) is 2.00. The molecule has 0 spiro atoms. The van der Waals surface area contributed by atoms with Crippen LogP contribution in [0.3, 0.4) is 0 Å². The summed E-state index contributed by atoms with van der Waals surface area (Å²) in [7, 11) is -3.82. The molecule has 1 fully saturated rings. The van der Waals surface area contributed by atoms with Gasteiger partial charge >= 0.3 is 0 Å². The summed E-state index contributed by atoms with van der Waals surface area (Å²) >= 11 is 0. The van der Waals surface area contributed by atoms with Gasteiger partial charge in [0.25, 0.3) is 11.5 Å². The molecule has 0 aliphatic carbocycles. The first-order valence-corrected chi connectivity index (χ1v) is 13.3. The van der Waals surface area contributed by atoms with E-state index in [4.69, 9.17) is 4.52 Å². The Morgan fingerprint density at radius 2 is 1.81 bits per heavy atom. The highest BCUT2D eigenvalue weighted by atomic mass is 32.3. The van der Waals surface area contributed by atoms with E-state index in [2.05, 4.69) is 15.1 Å². The van der Waals surface area contributed by atoms with Crippen LogP contribution in [-0.4, -0.2) is 65.5 Å². The lowest BCUT2D eigenvalue weighted by atomic mass is 10.1. The van der Waals surface area contributed by atoms with Crippen LogP contribution in [0.4, 0.5) is 0 Å². The fourth-order valence-corrected chi connectivity index (χ4v) is 6.27. The number of aryl methyl sites for hydroxylation is 4. The van der Waals surface area contributed by atoms with Gasteiger partial charge in [-0.1, -0.05) is 39.7 Å². The zero-order chi connectivity index (χ0) is 26.2. The molecule has 0 N–H and O–H groups in total. The number of amides is 1. The van der Waals surface area contributed by atoms with Crippen molar-refractivity contribution in [3.05, 3.63) is 81.7 Å². The number of aromatic nitrogens is 4. The molecule has 4 aromatic rings. The summed E-state index contributed by atoms with van der Waals surface area (Å²) in [5.74, 6) is -0.306. The Morgan fingerprint density at radius 1 is 1.08 bits per heavy atom. The number of pyridine rings is 1. The van der Waals surface area contributed by atoms with Crippen LogP contribution in [0.15, 0.2) is 62.9 Å². The lowest BCUT2D eigenvalue weighted by Crippen LogP contribution is -2.53. The minimum Gasteiger partial charge on any atom is -0.593 e. The lowest BCUT2D eigenvalue weighted by molar-refractivity contribution is 0.0684. The third kappa shape index (κ3) is 4.70. The van der Waals surface area contributed by atoms with Gasteiger partial charge in [-0.3, -0.25) is 14.2 Å². The molecule has 1 saturated heterocycles. The Labute approximate surface area is 214 Å². The minimum atomic E-state index is -3.82. The van der Waals surface area contributed by atoms with Crippen molar-refractivity contribution in [3.63, 3.8) is 0 Å². The van der Waals surface area contributed by atoms with Gasteiger partial charge in [-0.25, -0.2) is 9.97 Å². The zero-order valence-electron chi connectivity index (χ0n) is 20.5. The summed E-state index contributed by atoms with van der Waals surface area (Å²) in [4.78, 5) is 37.1. The normalized spacial score (nSPS) is 16.1. The third-order valence-electron chi connectivity index (χ3n) is 6.46. The number of fused-ring (bicyclic) bond motifs is 1. The molecule has 0 saturated carbocycles. The lowest BCUT2D eigenvalue weighted by Gasteiger charge is -2.35. The standard InChI is InChI=1S/C25H26N6O5S/c1-17-22(18(2)36-28-17)37(34,35)30-15-13-29(14-16-30)24(32)21-25(33)31(12-10-19-7-4-3-5-8-19)23-20(27-21)9-6-11-26-23/h3-9,11H,10,12-16H2,1-2H3. The van der Waals surface area contributed by atoms with Crippen LogP contribution >= 0.6 is 0 Å².